The first-order chi connectivity index (χ1) is 16.9. The molecule has 4 aromatic rings. The van der Waals surface area contributed by atoms with Crippen LogP contribution in [0, 0.1) is 27.2 Å². The number of nitro benzene ring substituents is 2. The zero-order chi connectivity index (χ0) is 26.7. The van der Waals surface area contributed by atoms with Crippen LogP contribution < -0.4 is 11.3 Å². The Morgan fingerprint density at radius 2 is 1.44 bits per heavy atom. The lowest BCUT2D eigenvalue weighted by Gasteiger charge is -2.03. The largest absolute Gasteiger partial charge is 0.477 e. The Morgan fingerprint density at radius 1 is 0.889 bits per heavy atom. The van der Waals surface area contributed by atoms with Gasteiger partial charge in [-0.05, 0) is 30.7 Å². The summed E-state index contributed by atoms with van der Waals surface area (Å²) in [5.41, 5.74) is -2.79. The van der Waals surface area contributed by atoms with E-state index in [1.54, 1.807) is 0 Å². The van der Waals surface area contributed by atoms with Crippen LogP contribution >= 0.6 is 0 Å². The van der Waals surface area contributed by atoms with Crippen molar-refractivity contribution >= 4 is 45.3 Å². The molecular formula is C22H14N2O12. The highest BCUT2D eigenvalue weighted by atomic mass is 16.6. The minimum atomic E-state index is -1.39. The van der Waals surface area contributed by atoms with Gasteiger partial charge in [0.2, 0.25) is 0 Å². The molecule has 184 valence electrons. The normalized spacial score (nSPS) is 10.4. The van der Waals surface area contributed by atoms with Crippen LogP contribution in [0.2, 0.25) is 0 Å². The van der Waals surface area contributed by atoms with Gasteiger partial charge in [-0.25, -0.2) is 19.2 Å². The van der Waals surface area contributed by atoms with Crippen LogP contribution in [0.3, 0.4) is 0 Å². The van der Waals surface area contributed by atoms with E-state index in [4.69, 9.17) is 13.9 Å². The van der Waals surface area contributed by atoms with Crippen molar-refractivity contribution in [3.05, 3.63) is 100 Å². The first-order valence-corrected chi connectivity index (χ1v) is 9.70. The van der Waals surface area contributed by atoms with Crippen molar-refractivity contribution in [3.63, 3.8) is 0 Å². The fourth-order valence-corrected chi connectivity index (χ4v) is 3.17. The van der Waals surface area contributed by atoms with Gasteiger partial charge in [-0.15, -0.1) is 0 Å². The second-order valence-corrected chi connectivity index (χ2v) is 7.05. The van der Waals surface area contributed by atoms with E-state index in [1.807, 2.05) is 0 Å². The van der Waals surface area contributed by atoms with Crippen LogP contribution in [0.25, 0.3) is 21.9 Å². The molecule has 4 rings (SSSR count). The smallest absolute Gasteiger partial charge is 0.351 e. The molecule has 0 fully saturated rings. The van der Waals surface area contributed by atoms with Gasteiger partial charge in [0.25, 0.3) is 11.4 Å². The van der Waals surface area contributed by atoms with Crippen molar-refractivity contribution in [1.29, 1.82) is 0 Å². The first-order valence-electron chi connectivity index (χ1n) is 9.70. The minimum absolute atomic E-state index is 0.00306. The number of fused-ring (bicyclic) bond motifs is 2. The van der Waals surface area contributed by atoms with E-state index in [-0.39, 0.29) is 33.7 Å². The summed E-state index contributed by atoms with van der Waals surface area (Å²) in [6.07, 6.45) is 0. The number of carbonyl (C=O) groups excluding carboxylic acids is 1. The number of methoxy groups -OCH3 is 1. The van der Waals surface area contributed by atoms with Crippen molar-refractivity contribution < 1.29 is 38.1 Å². The Kier molecular flexibility index (Phi) is 6.90. The van der Waals surface area contributed by atoms with Crippen molar-refractivity contribution in [2.75, 3.05) is 7.11 Å². The fraction of sp³-hybridized carbons (Fsp3) is 0.0909. The number of hydrogen-bond donors (Lipinski definition) is 1. The lowest BCUT2D eigenvalue weighted by atomic mass is 10.1. The first kappa shape index (κ1) is 25.2. The number of carboxylic acids is 1. The molecule has 0 unspecified atom stereocenters. The number of aryl methyl sites for hydroxylation is 1. The monoisotopic (exact) mass is 498 g/mol. The van der Waals surface area contributed by atoms with E-state index < -0.39 is 38.6 Å². The molecule has 2 aromatic heterocycles. The summed E-state index contributed by atoms with van der Waals surface area (Å²) >= 11 is 0. The van der Waals surface area contributed by atoms with Crippen LogP contribution in [-0.4, -0.2) is 34.0 Å². The van der Waals surface area contributed by atoms with Gasteiger partial charge in [0.15, 0.2) is 0 Å². The molecule has 0 radical (unpaired) electrons. The zero-order valence-corrected chi connectivity index (χ0v) is 18.4. The van der Waals surface area contributed by atoms with E-state index in [0.717, 1.165) is 19.2 Å². The number of aromatic carboxylic acids is 1. The van der Waals surface area contributed by atoms with E-state index >= 15 is 0 Å². The number of esters is 1. The second kappa shape index (κ2) is 9.84. The maximum atomic E-state index is 11.5. The van der Waals surface area contributed by atoms with Crippen LogP contribution in [0.15, 0.2) is 60.9 Å². The Morgan fingerprint density at radius 3 is 2.00 bits per heavy atom. The van der Waals surface area contributed by atoms with Gasteiger partial charge in [0.1, 0.15) is 22.3 Å². The number of nitrogens with zero attached hydrogens (tertiary/aromatic N) is 2. The van der Waals surface area contributed by atoms with Gasteiger partial charge >= 0.3 is 23.2 Å². The quantitative estimate of drug-likeness (QED) is 0.186. The summed E-state index contributed by atoms with van der Waals surface area (Å²) in [7, 11) is 1.14. The van der Waals surface area contributed by atoms with E-state index in [0.29, 0.717) is 10.8 Å². The number of benzene rings is 2. The maximum Gasteiger partial charge on any atom is 0.351 e. The van der Waals surface area contributed by atoms with Crippen molar-refractivity contribution in [2.24, 2.45) is 0 Å². The van der Waals surface area contributed by atoms with E-state index in [2.05, 4.69) is 4.74 Å². The molecule has 36 heavy (non-hydrogen) atoms. The van der Waals surface area contributed by atoms with Gasteiger partial charge < -0.3 is 18.7 Å². The Hall–Kier alpha value is -5.40. The molecule has 0 aliphatic heterocycles. The molecule has 14 nitrogen and oxygen atoms in total. The molecule has 14 heteroatoms. The van der Waals surface area contributed by atoms with Gasteiger partial charge in [-0.1, -0.05) is 0 Å². The average Bonchev–Trinajstić information content (AvgIpc) is 2.82. The Balaban J connectivity index is 0.000000201. The van der Waals surface area contributed by atoms with Crippen molar-refractivity contribution in [2.45, 2.75) is 6.92 Å². The Bertz CT molecular complexity index is 1680. The maximum absolute atomic E-state index is 11.5. The number of rotatable bonds is 4. The highest BCUT2D eigenvalue weighted by Crippen LogP contribution is 2.24. The van der Waals surface area contributed by atoms with Gasteiger partial charge in [0, 0.05) is 22.9 Å². The fourth-order valence-electron chi connectivity index (χ4n) is 3.17. The van der Waals surface area contributed by atoms with E-state index in [9.17, 15) is 39.4 Å². The van der Waals surface area contributed by atoms with Crippen molar-refractivity contribution in [1.82, 2.24) is 0 Å². The van der Waals surface area contributed by atoms with Crippen LogP contribution in [0.5, 0.6) is 0 Å². The van der Waals surface area contributed by atoms with Crippen LogP contribution in [0.1, 0.15) is 26.3 Å². The standard InChI is InChI=1S/2C11H7NO6/c1-17-10(13)8-4-6-2-3-7(12(15)16)5-9(6)18-11(8)14;1-5-7-3-2-6(12(16)17)4-8(7)18-11(15)9(5)10(13)14/h2-5H,1H3;2-4H,1H3,(H,13,14). The summed E-state index contributed by atoms with van der Waals surface area (Å²) in [5, 5.41) is 30.8. The highest BCUT2D eigenvalue weighted by molar-refractivity contribution is 5.95. The average molecular weight is 498 g/mol. The summed E-state index contributed by atoms with van der Waals surface area (Å²) < 4.78 is 14.1. The lowest BCUT2D eigenvalue weighted by molar-refractivity contribution is -0.384. The van der Waals surface area contributed by atoms with Gasteiger partial charge in [-0.2, -0.15) is 0 Å². The molecule has 2 aromatic carbocycles. The minimum Gasteiger partial charge on any atom is -0.477 e. The Labute approximate surface area is 198 Å². The molecule has 0 amide bonds. The van der Waals surface area contributed by atoms with Crippen molar-refractivity contribution in [3.8, 4) is 0 Å². The zero-order valence-electron chi connectivity index (χ0n) is 18.4. The lowest BCUT2D eigenvalue weighted by Crippen LogP contribution is -2.15. The second-order valence-electron chi connectivity index (χ2n) is 7.05. The molecule has 0 aliphatic rings. The van der Waals surface area contributed by atoms with E-state index in [1.165, 1.54) is 37.3 Å². The molecule has 0 spiro atoms. The van der Waals surface area contributed by atoms with Crippen LogP contribution in [-0.2, 0) is 4.74 Å². The topological polar surface area (TPSA) is 210 Å². The molecule has 0 atom stereocenters. The summed E-state index contributed by atoms with van der Waals surface area (Å²) in [6.45, 7) is 1.45. The SMILES string of the molecule is COC(=O)c1cc2ccc([N+](=O)[O-])cc2oc1=O.Cc1c(C(=O)O)c(=O)oc2cc([N+](=O)[O-])ccc12. The number of carboxylic acid groups (broad SMARTS) is 1. The predicted octanol–water partition coefficient (Wildman–Crippen LogP) is 3.20. The third-order valence-corrected chi connectivity index (χ3v) is 4.91. The number of nitro groups is 2. The number of hydrogen-bond acceptors (Lipinski definition) is 11. The number of ether oxygens (including phenoxy) is 1. The number of carbonyl (C=O) groups is 2. The molecule has 0 saturated heterocycles. The summed E-state index contributed by atoms with van der Waals surface area (Å²) in [4.78, 5) is 65.0. The molecule has 0 aliphatic carbocycles. The predicted molar refractivity (Wildman–Crippen MR) is 121 cm³/mol. The van der Waals surface area contributed by atoms with Crippen LogP contribution in [0.4, 0.5) is 11.4 Å². The molecule has 0 bridgehead atoms. The molecule has 1 N–H and O–H groups in total. The summed E-state index contributed by atoms with van der Waals surface area (Å²) in [5.74, 6) is -2.20. The van der Waals surface area contributed by atoms with Gasteiger partial charge in [0.05, 0.1) is 29.1 Å². The number of non-ortho nitro benzene ring substituents is 2. The molecular weight excluding hydrogens is 484 g/mol. The summed E-state index contributed by atoms with van der Waals surface area (Å²) in [6, 6.07) is 8.72. The highest BCUT2D eigenvalue weighted by Gasteiger charge is 2.19. The molecule has 0 saturated carbocycles. The van der Waals surface area contributed by atoms with Gasteiger partial charge in [-0.3, -0.25) is 20.2 Å². The third kappa shape index (κ3) is 4.91. The molecule has 2 heterocycles. The third-order valence-electron chi connectivity index (χ3n) is 4.91.